The van der Waals surface area contributed by atoms with Crippen LogP contribution >= 0.6 is 39.3 Å². The van der Waals surface area contributed by atoms with Crippen molar-refractivity contribution >= 4 is 51.0 Å². The van der Waals surface area contributed by atoms with E-state index in [1.54, 1.807) is 11.8 Å². The van der Waals surface area contributed by atoms with Crippen molar-refractivity contribution in [2.75, 3.05) is 5.32 Å². The summed E-state index contributed by atoms with van der Waals surface area (Å²) >= 11 is 11.3. The maximum Gasteiger partial charge on any atom is 0.319 e. The molecule has 1 aromatic heterocycles. The summed E-state index contributed by atoms with van der Waals surface area (Å²) in [7, 11) is 0. The van der Waals surface area contributed by atoms with E-state index >= 15 is 0 Å². The molecule has 2 amide bonds. The minimum Gasteiger partial charge on any atom is -0.331 e. The zero-order valence-electron chi connectivity index (χ0n) is 17.8. The number of thioether (sulfide) groups is 1. The number of amides is 2. The van der Waals surface area contributed by atoms with Gasteiger partial charge in [0, 0.05) is 20.9 Å². The third-order valence-electron chi connectivity index (χ3n) is 4.81. The second-order valence-corrected chi connectivity index (χ2v) is 9.55. The summed E-state index contributed by atoms with van der Waals surface area (Å²) in [6.07, 6.45) is 0. The van der Waals surface area contributed by atoms with Crippen LogP contribution in [0.1, 0.15) is 17.0 Å². The average Bonchev–Trinajstić information content (AvgIpc) is 3.21. The van der Waals surface area contributed by atoms with Gasteiger partial charge in [-0.1, -0.05) is 81.8 Å². The molecule has 0 spiro atoms. The van der Waals surface area contributed by atoms with Gasteiger partial charge in [0.15, 0.2) is 11.0 Å². The van der Waals surface area contributed by atoms with E-state index in [1.807, 2.05) is 72.2 Å². The van der Waals surface area contributed by atoms with Crippen LogP contribution in [0.4, 0.5) is 10.5 Å². The molecule has 1 heterocycles. The Balaban J connectivity index is 1.56. The van der Waals surface area contributed by atoms with Crippen LogP contribution in [0.25, 0.3) is 5.69 Å². The second-order valence-electron chi connectivity index (χ2n) is 7.26. The smallest absolute Gasteiger partial charge is 0.319 e. The van der Waals surface area contributed by atoms with Crippen molar-refractivity contribution < 1.29 is 4.79 Å². The number of aromatic nitrogens is 3. The lowest BCUT2D eigenvalue weighted by Gasteiger charge is -2.14. The first-order valence-corrected chi connectivity index (χ1v) is 12.3. The van der Waals surface area contributed by atoms with Crippen molar-refractivity contribution in [3.05, 3.63) is 99.2 Å². The van der Waals surface area contributed by atoms with Gasteiger partial charge in [0.2, 0.25) is 0 Å². The van der Waals surface area contributed by atoms with Crippen molar-refractivity contribution in [3.63, 3.8) is 0 Å². The van der Waals surface area contributed by atoms with Crippen LogP contribution in [-0.2, 0) is 12.3 Å². The van der Waals surface area contributed by atoms with E-state index in [0.717, 1.165) is 26.6 Å². The zero-order chi connectivity index (χ0) is 23.2. The molecule has 0 saturated carbocycles. The average molecular weight is 543 g/mol. The van der Waals surface area contributed by atoms with Crippen LogP contribution in [0.15, 0.2) is 82.4 Å². The van der Waals surface area contributed by atoms with Crippen molar-refractivity contribution in [1.82, 2.24) is 20.1 Å². The number of nitrogens with zero attached hydrogens (tertiary/aromatic N) is 3. The molecule has 4 aromatic rings. The van der Waals surface area contributed by atoms with Gasteiger partial charge in [-0.05, 0) is 48.4 Å². The summed E-state index contributed by atoms with van der Waals surface area (Å²) in [5, 5.41) is 15.8. The minimum absolute atomic E-state index is 0.199. The Bertz CT molecular complexity index is 1260. The van der Waals surface area contributed by atoms with Crippen LogP contribution in [0, 0.1) is 6.92 Å². The van der Waals surface area contributed by atoms with Gasteiger partial charge >= 0.3 is 6.03 Å². The highest BCUT2D eigenvalue weighted by Crippen LogP contribution is 2.28. The lowest BCUT2D eigenvalue weighted by atomic mass is 10.2. The van der Waals surface area contributed by atoms with Crippen LogP contribution in [0.5, 0.6) is 0 Å². The van der Waals surface area contributed by atoms with Crippen LogP contribution in [0.3, 0.4) is 0 Å². The van der Waals surface area contributed by atoms with Crippen molar-refractivity contribution in [2.24, 2.45) is 0 Å². The number of carbonyl (C=O) groups is 1. The van der Waals surface area contributed by atoms with Gasteiger partial charge in [0.05, 0.1) is 12.2 Å². The molecule has 9 heteroatoms. The zero-order valence-corrected chi connectivity index (χ0v) is 20.9. The highest BCUT2D eigenvalue weighted by Gasteiger charge is 2.17. The third kappa shape index (κ3) is 6.16. The number of rotatable bonds is 7. The van der Waals surface area contributed by atoms with Crippen molar-refractivity contribution in [3.8, 4) is 5.69 Å². The van der Waals surface area contributed by atoms with E-state index in [2.05, 4.69) is 48.9 Å². The lowest BCUT2D eigenvalue weighted by Crippen LogP contribution is -2.29. The fourth-order valence-electron chi connectivity index (χ4n) is 3.20. The number of benzene rings is 3. The number of anilines is 1. The normalized spacial score (nSPS) is 10.8. The molecule has 0 atom stereocenters. The number of urea groups is 1. The van der Waals surface area contributed by atoms with E-state index in [9.17, 15) is 4.79 Å². The first-order chi connectivity index (χ1) is 16.0. The SMILES string of the molecule is Cc1ccc(Cl)cc1-n1c(CNC(=O)Nc2cccc(Br)c2)nnc1SCc1ccccc1. The predicted octanol–water partition coefficient (Wildman–Crippen LogP) is 6.61. The Morgan fingerprint density at radius 2 is 1.88 bits per heavy atom. The standard InChI is InChI=1S/C24H21BrClN5OS/c1-16-10-11-19(26)13-21(16)31-22(14-27-23(32)28-20-9-5-8-18(25)12-20)29-30-24(31)33-15-17-6-3-2-4-7-17/h2-13H,14-15H2,1H3,(H2,27,28,32). The number of hydrogen-bond donors (Lipinski definition) is 2. The molecule has 0 aliphatic rings. The fourth-order valence-corrected chi connectivity index (χ4v) is 4.68. The molecule has 0 bridgehead atoms. The molecule has 0 unspecified atom stereocenters. The van der Waals surface area contributed by atoms with E-state index in [0.29, 0.717) is 16.5 Å². The summed E-state index contributed by atoms with van der Waals surface area (Å²) in [5.41, 5.74) is 3.79. The summed E-state index contributed by atoms with van der Waals surface area (Å²) in [4.78, 5) is 12.5. The Morgan fingerprint density at radius 3 is 2.67 bits per heavy atom. The van der Waals surface area contributed by atoms with Crippen LogP contribution < -0.4 is 10.6 Å². The summed E-state index contributed by atoms with van der Waals surface area (Å²) < 4.78 is 2.84. The Kier molecular flexibility index (Phi) is 7.69. The monoisotopic (exact) mass is 541 g/mol. The molecule has 0 radical (unpaired) electrons. The highest BCUT2D eigenvalue weighted by atomic mass is 79.9. The number of hydrogen-bond acceptors (Lipinski definition) is 4. The molecule has 2 N–H and O–H groups in total. The predicted molar refractivity (Wildman–Crippen MR) is 137 cm³/mol. The maximum atomic E-state index is 12.5. The van der Waals surface area contributed by atoms with Gasteiger partial charge in [-0.25, -0.2) is 4.79 Å². The number of carbonyl (C=O) groups excluding carboxylic acids is 1. The van der Waals surface area contributed by atoms with Gasteiger partial charge in [0.1, 0.15) is 0 Å². The molecule has 33 heavy (non-hydrogen) atoms. The van der Waals surface area contributed by atoms with Gasteiger partial charge in [-0.3, -0.25) is 4.57 Å². The maximum absolute atomic E-state index is 12.5. The molecule has 168 valence electrons. The summed E-state index contributed by atoms with van der Waals surface area (Å²) in [6, 6.07) is 22.9. The second kappa shape index (κ2) is 10.9. The largest absolute Gasteiger partial charge is 0.331 e. The molecule has 3 aromatic carbocycles. The summed E-state index contributed by atoms with van der Waals surface area (Å²) in [5.74, 6) is 1.36. The molecule has 0 fully saturated rings. The van der Waals surface area contributed by atoms with Gasteiger partial charge in [-0.2, -0.15) is 0 Å². The molecular weight excluding hydrogens is 522 g/mol. The molecule has 6 nitrogen and oxygen atoms in total. The number of halogens is 2. The highest BCUT2D eigenvalue weighted by molar-refractivity contribution is 9.10. The van der Waals surface area contributed by atoms with Crippen molar-refractivity contribution in [2.45, 2.75) is 24.4 Å². The molecular formula is C24H21BrClN5OS. The van der Waals surface area contributed by atoms with Gasteiger partial charge in [-0.15, -0.1) is 10.2 Å². The first kappa shape index (κ1) is 23.4. The summed E-state index contributed by atoms with van der Waals surface area (Å²) in [6.45, 7) is 2.21. The number of aryl methyl sites for hydroxylation is 1. The minimum atomic E-state index is -0.330. The Morgan fingerprint density at radius 1 is 1.06 bits per heavy atom. The fraction of sp³-hybridized carbons (Fsp3) is 0.125. The molecule has 4 rings (SSSR count). The van der Waals surface area contributed by atoms with Gasteiger partial charge < -0.3 is 10.6 Å². The van der Waals surface area contributed by atoms with E-state index in [-0.39, 0.29) is 12.6 Å². The lowest BCUT2D eigenvalue weighted by molar-refractivity contribution is 0.251. The Hall–Kier alpha value is -2.81. The van der Waals surface area contributed by atoms with E-state index in [1.165, 1.54) is 5.56 Å². The quantitative estimate of drug-likeness (QED) is 0.258. The van der Waals surface area contributed by atoms with Crippen LogP contribution in [-0.4, -0.2) is 20.8 Å². The molecule has 0 aliphatic carbocycles. The van der Waals surface area contributed by atoms with Crippen molar-refractivity contribution in [1.29, 1.82) is 0 Å². The topological polar surface area (TPSA) is 71.8 Å². The Labute approximate surface area is 209 Å². The van der Waals surface area contributed by atoms with Gasteiger partial charge in [0.25, 0.3) is 0 Å². The number of nitrogens with one attached hydrogen (secondary N) is 2. The van der Waals surface area contributed by atoms with Crippen LogP contribution in [0.2, 0.25) is 5.02 Å². The first-order valence-electron chi connectivity index (χ1n) is 10.2. The van der Waals surface area contributed by atoms with E-state index < -0.39 is 0 Å². The van der Waals surface area contributed by atoms with E-state index in [4.69, 9.17) is 11.6 Å². The molecule has 0 aliphatic heterocycles. The third-order valence-corrected chi connectivity index (χ3v) is 6.54. The molecule has 0 saturated heterocycles.